The van der Waals surface area contributed by atoms with Gasteiger partial charge in [0.1, 0.15) is 5.76 Å². The Hall–Kier alpha value is -2.05. The van der Waals surface area contributed by atoms with Gasteiger partial charge in [-0.3, -0.25) is 10.2 Å². The second kappa shape index (κ2) is 5.15. The maximum absolute atomic E-state index is 11.4. The highest BCUT2D eigenvalue weighted by Gasteiger charge is 2.11. The van der Waals surface area contributed by atoms with Gasteiger partial charge in [-0.15, -0.1) is 0 Å². The number of fused-ring (bicyclic) bond motifs is 1. The smallest absolute Gasteiger partial charge is 0.300 e. The lowest BCUT2D eigenvalue weighted by Gasteiger charge is -2.02. The molecular weight excluding hydrogens is 322 g/mol. The van der Waals surface area contributed by atoms with E-state index in [2.05, 4.69) is 20.5 Å². The number of hydrogen-bond acceptors (Lipinski definition) is 3. The normalized spacial score (nSPS) is 10.9. The molecule has 3 rings (SSSR count). The number of nitrogens with two attached hydrogens (primary N) is 1. The maximum Gasteiger partial charge on any atom is 0.300 e. The number of hydrazine groups is 1. The zero-order valence-electron chi connectivity index (χ0n) is 10.5. The number of furan rings is 1. The van der Waals surface area contributed by atoms with Crippen LogP contribution >= 0.6 is 15.9 Å². The first-order chi connectivity index (χ1) is 9.69. The van der Waals surface area contributed by atoms with Crippen LogP contribution in [0.15, 0.2) is 51.5 Å². The molecule has 1 aromatic carbocycles. The fraction of sp³-hybridized carbons (Fsp3) is 0.0714. The number of nitrogens with zero attached hydrogens (tertiary/aromatic N) is 1. The average Bonchev–Trinajstić information content (AvgIpc) is 3.05. The number of para-hydroxylation sites is 1. The minimum Gasteiger partial charge on any atom is -0.454 e. The van der Waals surface area contributed by atoms with Crippen LogP contribution in [0.4, 0.5) is 0 Å². The largest absolute Gasteiger partial charge is 0.454 e. The maximum atomic E-state index is 11.4. The molecule has 0 saturated heterocycles. The van der Waals surface area contributed by atoms with Crippen molar-refractivity contribution in [3.63, 3.8) is 0 Å². The van der Waals surface area contributed by atoms with Crippen molar-refractivity contribution in [2.45, 2.75) is 6.54 Å². The minimum absolute atomic E-state index is 0.207. The monoisotopic (exact) mass is 333 g/mol. The van der Waals surface area contributed by atoms with Crippen LogP contribution in [-0.2, 0) is 6.54 Å². The molecule has 0 unspecified atom stereocenters. The lowest BCUT2D eigenvalue weighted by Crippen LogP contribution is -2.29. The third-order valence-electron chi connectivity index (χ3n) is 3.08. The van der Waals surface area contributed by atoms with Crippen molar-refractivity contribution in [3.05, 3.63) is 58.6 Å². The quantitative estimate of drug-likeness (QED) is 0.439. The summed E-state index contributed by atoms with van der Waals surface area (Å²) < 4.78 is 8.56. The first-order valence-corrected chi connectivity index (χ1v) is 6.81. The predicted molar refractivity (Wildman–Crippen MR) is 79.1 cm³/mol. The Morgan fingerprint density at radius 3 is 2.90 bits per heavy atom. The van der Waals surface area contributed by atoms with E-state index in [9.17, 15) is 4.79 Å². The van der Waals surface area contributed by atoms with E-state index in [4.69, 9.17) is 10.3 Å². The van der Waals surface area contributed by atoms with Crippen LogP contribution in [0.2, 0.25) is 0 Å². The lowest BCUT2D eigenvalue weighted by atomic mass is 10.2. The van der Waals surface area contributed by atoms with Gasteiger partial charge in [0.15, 0.2) is 5.76 Å². The van der Waals surface area contributed by atoms with E-state index < -0.39 is 5.91 Å². The fourth-order valence-electron chi connectivity index (χ4n) is 2.16. The molecule has 0 saturated carbocycles. The van der Waals surface area contributed by atoms with Crippen molar-refractivity contribution in [1.82, 2.24) is 9.99 Å². The number of hydrogen-bond donors (Lipinski definition) is 2. The molecular formula is C14H12BrN3O2. The van der Waals surface area contributed by atoms with Crippen LogP contribution in [0.25, 0.3) is 10.9 Å². The molecule has 0 spiro atoms. The third-order valence-corrected chi connectivity index (χ3v) is 3.71. The summed E-state index contributed by atoms with van der Waals surface area (Å²) in [7, 11) is 0. The molecule has 2 aromatic heterocycles. The summed E-state index contributed by atoms with van der Waals surface area (Å²) in [6.45, 7) is 0.546. The summed E-state index contributed by atoms with van der Waals surface area (Å²) in [5.74, 6) is 5.54. The molecule has 6 heteroatoms. The number of benzene rings is 1. The lowest BCUT2D eigenvalue weighted by molar-refractivity contribution is 0.0924. The number of amides is 1. The Morgan fingerprint density at radius 1 is 1.30 bits per heavy atom. The van der Waals surface area contributed by atoms with Crippen LogP contribution in [0.1, 0.15) is 16.3 Å². The van der Waals surface area contributed by atoms with Gasteiger partial charge in [-0.2, -0.15) is 0 Å². The molecule has 0 atom stereocenters. The molecule has 0 fully saturated rings. The van der Waals surface area contributed by atoms with E-state index in [1.165, 1.54) is 0 Å². The highest BCUT2D eigenvalue weighted by atomic mass is 79.9. The van der Waals surface area contributed by atoms with E-state index >= 15 is 0 Å². The Balaban J connectivity index is 1.93. The van der Waals surface area contributed by atoms with Gasteiger partial charge in [-0.1, -0.05) is 18.2 Å². The summed E-state index contributed by atoms with van der Waals surface area (Å²) in [6, 6.07) is 11.4. The van der Waals surface area contributed by atoms with Crippen molar-refractivity contribution in [1.29, 1.82) is 0 Å². The molecule has 1 amide bonds. The van der Waals surface area contributed by atoms with Crippen LogP contribution in [0.5, 0.6) is 0 Å². The van der Waals surface area contributed by atoms with Crippen molar-refractivity contribution in [3.8, 4) is 0 Å². The van der Waals surface area contributed by atoms with Gasteiger partial charge in [0.25, 0.3) is 0 Å². The Bertz CT molecular complexity index is 776. The number of carbonyl (C=O) groups is 1. The Kier molecular flexibility index (Phi) is 3.33. The van der Waals surface area contributed by atoms with Crippen LogP contribution < -0.4 is 11.3 Å². The number of carbonyl (C=O) groups excluding carboxylic acids is 1. The van der Waals surface area contributed by atoms with Gasteiger partial charge in [0, 0.05) is 21.6 Å². The molecule has 0 aliphatic rings. The molecule has 0 bridgehead atoms. The first kappa shape index (κ1) is 13.0. The highest BCUT2D eigenvalue weighted by Crippen LogP contribution is 2.26. The zero-order valence-corrected chi connectivity index (χ0v) is 12.1. The zero-order chi connectivity index (χ0) is 14.1. The van der Waals surface area contributed by atoms with Gasteiger partial charge >= 0.3 is 5.91 Å². The predicted octanol–water partition coefficient (Wildman–Crippen LogP) is 2.65. The van der Waals surface area contributed by atoms with E-state index in [0.717, 1.165) is 15.4 Å². The number of rotatable bonds is 3. The molecule has 0 aliphatic heterocycles. The summed E-state index contributed by atoms with van der Waals surface area (Å²) >= 11 is 3.54. The van der Waals surface area contributed by atoms with E-state index in [1.807, 2.05) is 35.9 Å². The summed E-state index contributed by atoms with van der Waals surface area (Å²) in [4.78, 5) is 11.4. The van der Waals surface area contributed by atoms with Crippen molar-refractivity contribution < 1.29 is 9.21 Å². The molecule has 0 radical (unpaired) electrons. The molecule has 3 aromatic rings. The Labute approximate surface area is 123 Å². The van der Waals surface area contributed by atoms with Crippen LogP contribution in [-0.4, -0.2) is 10.5 Å². The summed E-state index contributed by atoms with van der Waals surface area (Å²) in [5.41, 5.74) is 3.14. The molecule has 3 N–H and O–H groups in total. The van der Waals surface area contributed by atoms with Crippen LogP contribution in [0.3, 0.4) is 0 Å². The minimum atomic E-state index is -0.435. The van der Waals surface area contributed by atoms with Gasteiger partial charge in [-0.25, -0.2) is 5.84 Å². The van der Waals surface area contributed by atoms with Crippen LogP contribution in [0, 0.1) is 0 Å². The molecule has 5 nitrogen and oxygen atoms in total. The van der Waals surface area contributed by atoms with Gasteiger partial charge in [-0.05, 0) is 34.1 Å². The fourth-order valence-corrected chi connectivity index (χ4v) is 2.74. The third kappa shape index (κ3) is 2.23. The van der Waals surface area contributed by atoms with E-state index in [0.29, 0.717) is 12.3 Å². The SMILES string of the molecule is NNC(=O)c1ccc(Cn2cc(Br)c3ccccc32)o1. The second-order valence-corrected chi connectivity index (χ2v) is 5.22. The number of nitrogens with one attached hydrogen (secondary N) is 1. The molecule has 2 heterocycles. The second-order valence-electron chi connectivity index (χ2n) is 4.36. The van der Waals surface area contributed by atoms with Crippen molar-refractivity contribution in [2.75, 3.05) is 0 Å². The number of aromatic nitrogens is 1. The van der Waals surface area contributed by atoms with Gasteiger partial charge in [0.2, 0.25) is 0 Å². The summed E-state index contributed by atoms with van der Waals surface area (Å²) in [6.07, 6.45) is 2.00. The van der Waals surface area contributed by atoms with Crippen molar-refractivity contribution in [2.24, 2.45) is 5.84 Å². The molecule has 102 valence electrons. The first-order valence-electron chi connectivity index (χ1n) is 6.02. The average molecular weight is 334 g/mol. The van der Waals surface area contributed by atoms with Crippen molar-refractivity contribution >= 4 is 32.7 Å². The molecule has 0 aliphatic carbocycles. The van der Waals surface area contributed by atoms with E-state index in [-0.39, 0.29) is 5.76 Å². The standard InChI is InChI=1S/C14H12BrN3O2/c15-11-8-18(12-4-2-1-3-10(11)12)7-9-5-6-13(20-9)14(19)17-16/h1-6,8H,7,16H2,(H,17,19). The Morgan fingerprint density at radius 2 is 2.10 bits per heavy atom. The summed E-state index contributed by atoms with van der Waals surface area (Å²) in [5, 5.41) is 1.14. The number of nitrogen functional groups attached to an aromatic ring is 1. The number of halogens is 1. The van der Waals surface area contributed by atoms with Gasteiger partial charge in [0.05, 0.1) is 6.54 Å². The molecule has 20 heavy (non-hydrogen) atoms. The topological polar surface area (TPSA) is 73.2 Å². The highest BCUT2D eigenvalue weighted by molar-refractivity contribution is 9.10. The van der Waals surface area contributed by atoms with Gasteiger partial charge < -0.3 is 8.98 Å². The van der Waals surface area contributed by atoms with E-state index in [1.54, 1.807) is 12.1 Å².